The van der Waals surface area contributed by atoms with Gasteiger partial charge in [0.05, 0.1) is 17.4 Å². The monoisotopic (exact) mass is 202 g/mol. The molecule has 0 aromatic carbocycles. The van der Waals surface area contributed by atoms with E-state index in [9.17, 15) is 10.1 Å². The summed E-state index contributed by atoms with van der Waals surface area (Å²) in [5.74, 6) is -0.131. The molecule has 0 N–H and O–H groups in total. The van der Waals surface area contributed by atoms with Gasteiger partial charge in [0.15, 0.2) is 0 Å². The minimum absolute atomic E-state index is 0.0616. The Balaban J connectivity index is 2.46. The molecular weight excluding hydrogens is 188 g/mol. The summed E-state index contributed by atoms with van der Waals surface area (Å²) in [5.41, 5.74) is 0.617. The topological polar surface area (TPSA) is 44.1 Å². The van der Waals surface area contributed by atoms with Gasteiger partial charge in [0.2, 0.25) is 5.91 Å². The van der Waals surface area contributed by atoms with Crippen molar-refractivity contribution in [3.05, 3.63) is 23.9 Å². The summed E-state index contributed by atoms with van der Waals surface area (Å²) in [5, 5.41) is 9.27. The summed E-state index contributed by atoms with van der Waals surface area (Å²) >= 11 is 0. The molecule has 1 heterocycles. The molecule has 2 unspecified atom stereocenters. The fourth-order valence-electron chi connectivity index (χ4n) is 2.29. The Bertz CT molecular complexity index is 402. The lowest BCUT2D eigenvalue weighted by Crippen LogP contribution is -2.44. The van der Waals surface area contributed by atoms with Crippen LogP contribution < -0.4 is 0 Å². The SMILES string of the molecule is CC1=CCC2(C#N)C=CN(C)C(=O)C2C1. The molecule has 1 aliphatic heterocycles. The number of carbonyl (C=O) groups excluding carboxylic acids is 1. The molecular formula is C12H14N2O. The quantitative estimate of drug-likeness (QED) is 0.562. The van der Waals surface area contributed by atoms with Crippen LogP contribution >= 0.6 is 0 Å². The summed E-state index contributed by atoms with van der Waals surface area (Å²) in [7, 11) is 1.74. The minimum atomic E-state index is -0.594. The second-order valence-electron chi connectivity index (χ2n) is 4.43. The average molecular weight is 202 g/mol. The lowest BCUT2D eigenvalue weighted by Gasteiger charge is -2.39. The number of nitriles is 1. The van der Waals surface area contributed by atoms with E-state index in [2.05, 4.69) is 12.1 Å². The zero-order valence-corrected chi connectivity index (χ0v) is 9.03. The molecule has 3 heteroatoms. The van der Waals surface area contributed by atoms with Crippen molar-refractivity contribution in [2.75, 3.05) is 7.05 Å². The third-order valence-electron chi connectivity index (χ3n) is 3.39. The number of nitrogens with zero attached hydrogens (tertiary/aromatic N) is 2. The molecule has 15 heavy (non-hydrogen) atoms. The predicted molar refractivity (Wildman–Crippen MR) is 56.4 cm³/mol. The maximum absolute atomic E-state index is 12.0. The Labute approximate surface area is 89.7 Å². The van der Waals surface area contributed by atoms with Crippen LogP contribution in [0.15, 0.2) is 23.9 Å². The van der Waals surface area contributed by atoms with E-state index < -0.39 is 5.41 Å². The van der Waals surface area contributed by atoms with Crippen molar-refractivity contribution in [2.45, 2.75) is 19.8 Å². The first kappa shape index (κ1) is 9.97. The predicted octanol–water partition coefficient (Wildman–Crippen LogP) is 1.84. The van der Waals surface area contributed by atoms with Crippen LogP contribution in [0.4, 0.5) is 0 Å². The molecule has 0 radical (unpaired) electrons. The van der Waals surface area contributed by atoms with E-state index in [4.69, 9.17) is 0 Å². The highest BCUT2D eigenvalue weighted by molar-refractivity contribution is 5.83. The van der Waals surface area contributed by atoms with Gasteiger partial charge >= 0.3 is 0 Å². The van der Waals surface area contributed by atoms with E-state index in [1.807, 2.05) is 13.0 Å². The fraction of sp³-hybridized carbons (Fsp3) is 0.500. The number of rotatable bonds is 0. The Morgan fingerprint density at radius 2 is 2.40 bits per heavy atom. The second-order valence-corrected chi connectivity index (χ2v) is 4.43. The maximum Gasteiger partial charge on any atom is 0.231 e. The van der Waals surface area contributed by atoms with Gasteiger partial charge in [-0.3, -0.25) is 4.79 Å². The lowest BCUT2D eigenvalue weighted by atomic mass is 9.66. The first-order valence-corrected chi connectivity index (χ1v) is 5.12. The van der Waals surface area contributed by atoms with Crippen molar-refractivity contribution in [1.29, 1.82) is 5.26 Å². The molecule has 0 aromatic heterocycles. The first-order valence-electron chi connectivity index (χ1n) is 5.12. The van der Waals surface area contributed by atoms with E-state index in [1.165, 1.54) is 5.57 Å². The Morgan fingerprint density at radius 3 is 3.07 bits per heavy atom. The van der Waals surface area contributed by atoms with Crippen molar-refractivity contribution < 1.29 is 4.79 Å². The molecule has 0 spiro atoms. The van der Waals surface area contributed by atoms with Crippen LogP contribution in [0.1, 0.15) is 19.8 Å². The number of amides is 1. The molecule has 0 saturated heterocycles. The van der Waals surface area contributed by atoms with Crippen LogP contribution in [0.25, 0.3) is 0 Å². The van der Waals surface area contributed by atoms with Gasteiger partial charge in [-0.1, -0.05) is 11.6 Å². The highest BCUT2D eigenvalue weighted by Crippen LogP contribution is 2.44. The molecule has 0 saturated carbocycles. The van der Waals surface area contributed by atoms with Crippen LogP contribution in [0, 0.1) is 22.7 Å². The van der Waals surface area contributed by atoms with E-state index in [1.54, 1.807) is 18.1 Å². The van der Waals surface area contributed by atoms with Gasteiger partial charge in [-0.05, 0) is 25.8 Å². The van der Waals surface area contributed by atoms with Gasteiger partial charge in [-0.25, -0.2) is 0 Å². The molecule has 78 valence electrons. The number of fused-ring (bicyclic) bond motifs is 1. The highest BCUT2D eigenvalue weighted by atomic mass is 16.2. The van der Waals surface area contributed by atoms with Crippen LogP contribution in [-0.4, -0.2) is 17.9 Å². The van der Waals surface area contributed by atoms with E-state index in [-0.39, 0.29) is 11.8 Å². The van der Waals surface area contributed by atoms with E-state index in [0.29, 0.717) is 12.8 Å². The molecule has 1 aliphatic carbocycles. The zero-order chi connectivity index (χ0) is 11.1. The van der Waals surface area contributed by atoms with Crippen LogP contribution in [0.3, 0.4) is 0 Å². The zero-order valence-electron chi connectivity index (χ0n) is 9.03. The summed E-state index contributed by atoms with van der Waals surface area (Å²) in [4.78, 5) is 13.5. The van der Waals surface area contributed by atoms with Crippen molar-refractivity contribution >= 4 is 5.91 Å². The smallest absolute Gasteiger partial charge is 0.231 e. The molecule has 2 rings (SSSR count). The van der Waals surface area contributed by atoms with Crippen molar-refractivity contribution in [3.63, 3.8) is 0 Å². The average Bonchev–Trinajstić information content (AvgIpc) is 2.25. The number of allylic oxidation sites excluding steroid dienone is 3. The van der Waals surface area contributed by atoms with E-state index >= 15 is 0 Å². The molecule has 2 aliphatic rings. The second kappa shape index (κ2) is 3.23. The molecule has 2 atom stereocenters. The summed E-state index contributed by atoms with van der Waals surface area (Å²) < 4.78 is 0. The Hall–Kier alpha value is -1.56. The summed E-state index contributed by atoms with van der Waals surface area (Å²) in [6.45, 7) is 2.02. The third kappa shape index (κ3) is 1.37. The van der Waals surface area contributed by atoms with Crippen molar-refractivity contribution in [1.82, 2.24) is 4.90 Å². The van der Waals surface area contributed by atoms with Gasteiger partial charge < -0.3 is 4.90 Å². The molecule has 0 fully saturated rings. The first-order chi connectivity index (χ1) is 7.09. The van der Waals surface area contributed by atoms with Crippen molar-refractivity contribution in [2.24, 2.45) is 11.3 Å². The van der Waals surface area contributed by atoms with Gasteiger partial charge in [0.1, 0.15) is 0 Å². The Kier molecular flexibility index (Phi) is 2.15. The molecule has 0 bridgehead atoms. The normalized spacial score (nSPS) is 34.5. The molecule has 3 nitrogen and oxygen atoms in total. The van der Waals surface area contributed by atoms with E-state index in [0.717, 1.165) is 0 Å². The fourth-order valence-corrected chi connectivity index (χ4v) is 2.29. The lowest BCUT2D eigenvalue weighted by molar-refractivity contribution is -0.135. The largest absolute Gasteiger partial charge is 0.322 e. The number of hydrogen-bond acceptors (Lipinski definition) is 2. The van der Waals surface area contributed by atoms with Crippen LogP contribution in [0.2, 0.25) is 0 Å². The summed E-state index contributed by atoms with van der Waals surface area (Å²) in [6.07, 6.45) is 7.04. The maximum atomic E-state index is 12.0. The summed E-state index contributed by atoms with van der Waals surface area (Å²) in [6, 6.07) is 2.31. The van der Waals surface area contributed by atoms with Crippen molar-refractivity contribution in [3.8, 4) is 6.07 Å². The van der Waals surface area contributed by atoms with Crippen LogP contribution in [0.5, 0.6) is 0 Å². The number of hydrogen-bond donors (Lipinski definition) is 0. The molecule has 1 amide bonds. The number of carbonyl (C=O) groups is 1. The molecule has 0 aromatic rings. The Morgan fingerprint density at radius 1 is 1.67 bits per heavy atom. The highest BCUT2D eigenvalue weighted by Gasteiger charge is 2.46. The third-order valence-corrected chi connectivity index (χ3v) is 3.39. The van der Waals surface area contributed by atoms with Gasteiger partial charge in [0, 0.05) is 13.2 Å². The van der Waals surface area contributed by atoms with Gasteiger partial charge in [-0.2, -0.15) is 5.26 Å². The van der Waals surface area contributed by atoms with Gasteiger partial charge in [0.25, 0.3) is 0 Å². The minimum Gasteiger partial charge on any atom is -0.322 e. The van der Waals surface area contributed by atoms with Gasteiger partial charge in [-0.15, -0.1) is 0 Å². The standard InChI is InChI=1S/C12H14N2O/c1-9-3-4-12(8-13)5-6-14(2)11(15)10(12)7-9/h3,5-6,10H,4,7H2,1-2H3. The van der Waals surface area contributed by atoms with Crippen LogP contribution in [-0.2, 0) is 4.79 Å².